The van der Waals surface area contributed by atoms with Gasteiger partial charge in [-0.15, -0.1) is 0 Å². The Labute approximate surface area is 189 Å². The van der Waals surface area contributed by atoms with Gasteiger partial charge in [0, 0.05) is 17.4 Å². The fourth-order valence-electron chi connectivity index (χ4n) is 8.80. The first-order valence-electron chi connectivity index (χ1n) is 12.2. The highest BCUT2D eigenvalue weighted by Crippen LogP contribution is 2.71. The minimum absolute atomic E-state index is 0.116. The number of rotatable bonds is 2. The zero-order valence-electron chi connectivity index (χ0n) is 19.4. The zero-order chi connectivity index (χ0) is 22.9. The number of aliphatic hydroxyl groups excluding tert-OH is 1. The molecule has 4 fully saturated rings. The molecule has 0 radical (unpaired) electrons. The van der Waals surface area contributed by atoms with Gasteiger partial charge in [-0.25, -0.2) is 4.79 Å². The number of hydrogen-bond donors (Lipinski definition) is 2. The molecule has 0 bridgehead atoms. The maximum absolute atomic E-state index is 12.9. The molecule has 0 unspecified atom stereocenters. The fourth-order valence-corrected chi connectivity index (χ4v) is 8.80. The third kappa shape index (κ3) is 2.91. The Balaban J connectivity index is 1.56. The van der Waals surface area contributed by atoms with Crippen molar-refractivity contribution in [1.82, 2.24) is 0 Å². The van der Waals surface area contributed by atoms with Crippen molar-refractivity contribution in [2.45, 2.75) is 82.8 Å². The summed E-state index contributed by atoms with van der Waals surface area (Å²) in [6.45, 7) is 4.50. The van der Waals surface area contributed by atoms with Crippen molar-refractivity contribution in [3.05, 3.63) is 34.4 Å². The molecule has 1 heterocycles. The Bertz CT molecular complexity index is 935. The van der Waals surface area contributed by atoms with Gasteiger partial charge in [0.05, 0.1) is 31.0 Å². The lowest BCUT2D eigenvalue weighted by molar-refractivity contribution is -0.205. The van der Waals surface area contributed by atoms with Crippen molar-refractivity contribution in [2.75, 3.05) is 7.11 Å². The molecule has 1 aromatic heterocycles. The first kappa shape index (κ1) is 22.1. The average molecular weight is 445 g/mol. The number of ether oxygens (including phenoxy) is 1. The lowest BCUT2D eigenvalue weighted by Crippen LogP contribution is -2.62. The molecule has 9 atom stereocenters. The summed E-state index contributed by atoms with van der Waals surface area (Å²) in [5.74, 6) is -0.0349. The summed E-state index contributed by atoms with van der Waals surface area (Å²) < 4.78 is 10.4. The molecule has 32 heavy (non-hydrogen) atoms. The highest BCUT2D eigenvalue weighted by atomic mass is 16.5. The monoisotopic (exact) mass is 444 g/mol. The van der Waals surface area contributed by atoms with Gasteiger partial charge >= 0.3 is 11.6 Å². The lowest BCUT2D eigenvalue weighted by Gasteiger charge is -2.63. The van der Waals surface area contributed by atoms with Crippen molar-refractivity contribution in [2.24, 2.45) is 34.5 Å². The van der Waals surface area contributed by atoms with E-state index in [0.29, 0.717) is 18.3 Å². The Hall–Kier alpha value is -1.66. The van der Waals surface area contributed by atoms with Gasteiger partial charge in [-0.2, -0.15) is 0 Å². The molecular formula is C26H36O6. The van der Waals surface area contributed by atoms with Crippen LogP contribution in [0, 0.1) is 34.5 Å². The number of esters is 1. The molecule has 4 saturated carbocycles. The van der Waals surface area contributed by atoms with Crippen LogP contribution in [0.1, 0.15) is 76.7 Å². The summed E-state index contributed by atoms with van der Waals surface area (Å²) in [6, 6.07) is 3.14. The fraction of sp³-hybridized carbons (Fsp3) is 0.769. The minimum Gasteiger partial charge on any atom is -0.469 e. The van der Waals surface area contributed by atoms with E-state index >= 15 is 0 Å². The maximum atomic E-state index is 12.9. The van der Waals surface area contributed by atoms with Crippen molar-refractivity contribution >= 4 is 5.97 Å². The average Bonchev–Trinajstić information content (AvgIpc) is 3.02. The summed E-state index contributed by atoms with van der Waals surface area (Å²) in [5.41, 5.74) is -1.00. The molecule has 4 aliphatic rings. The largest absolute Gasteiger partial charge is 0.469 e. The van der Waals surface area contributed by atoms with Gasteiger partial charge in [0.15, 0.2) is 0 Å². The summed E-state index contributed by atoms with van der Waals surface area (Å²) in [6.07, 6.45) is 8.11. The van der Waals surface area contributed by atoms with E-state index in [1.165, 1.54) is 19.4 Å². The van der Waals surface area contributed by atoms with Gasteiger partial charge in [0.2, 0.25) is 0 Å². The van der Waals surface area contributed by atoms with E-state index in [4.69, 9.17) is 9.15 Å². The second-order valence-electron chi connectivity index (χ2n) is 11.5. The van der Waals surface area contributed by atoms with E-state index in [-0.39, 0.29) is 29.3 Å². The molecule has 1 aromatic rings. The molecule has 176 valence electrons. The second-order valence-corrected chi connectivity index (χ2v) is 11.5. The Kier molecular flexibility index (Phi) is 5.14. The second kappa shape index (κ2) is 7.42. The van der Waals surface area contributed by atoms with Gasteiger partial charge in [-0.3, -0.25) is 4.79 Å². The normalized spacial score (nSPS) is 47.8. The third-order valence-corrected chi connectivity index (χ3v) is 10.4. The molecule has 5 rings (SSSR count). The van der Waals surface area contributed by atoms with Crippen LogP contribution in [0.15, 0.2) is 27.6 Å². The van der Waals surface area contributed by atoms with Crippen LogP contribution in [0.5, 0.6) is 0 Å². The van der Waals surface area contributed by atoms with Crippen molar-refractivity contribution in [3.63, 3.8) is 0 Å². The molecule has 6 nitrogen and oxygen atoms in total. The van der Waals surface area contributed by atoms with Crippen molar-refractivity contribution in [1.29, 1.82) is 0 Å². The molecule has 0 spiro atoms. The number of carbonyl (C=O) groups is 1. The van der Waals surface area contributed by atoms with Gasteiger partial charge in [0.25, 0.3) is 0 Å². The highest BCUT2D eigenvalue weighted by molar-refractivity contribution is 5.75. The van der Waals surface area contributed by atoms with Gasteiger partial charge in [-0.05, 0) is 86.2 Å². The van der Waals surface area contributed by atoms with E-state index in [2.05, 4.69) is 13.8 Å². The lowest BCUT2D eigenvalue weighted by atomic mass is 9.43. The van der Waals surface area contributed by atoms with Gasteiger partial charge < -0.3 is 19.4 Å². The van der Waals surface area contributed by atoms with Gasteiger partial charge in [-0.1, -0.05) is 13.8 Å². The minimum atomic E-state index is -0.986. The third-order valence-electron chi connectivity index (χ3n) is 10.4. The number of aliphatic hydroxyl groups is 2. The van der Waals surface area contributed by atoms with Crippen molar-refractivity contribution < 1.29 is 24.2 Å². The summed E-state index contributed by atoms with van der Waals surface area (Å²) in [5, 5.41) is 22.7. The molecule has 0 aromatic carbocycles. The van der Waals surface area contributed by atoms with E-state index in [9.17, 15) is 19.8 Å². The van der Waals surface area contributed by atoms with Crippen LogP contribution in [-0.4, -0.2) is 35.0 Å². The van der Waals surface area contributed by atoms with Crippen LogP contribution in [0.25, 0.3) is 0 Å². The number of hydrogen-bond acceptors (Lipinski definition) is 6. The standard InChI is InChI=1S/C26H36O6/c1-24-10-8-17(27)12-16(24)5-6-20-19(24)9-11-25(2)22(15-4-7-21(28)32-14-15)18(23(29)31-3)13-26(20,25)30/h4,7,14,16-20,22,27,30H,5-6,8-13H2,1-3H3/t16-,17-,18+,19-,20-,22-,24+,25+,26+/m1/s1. The SMILES string of the molecule is COC(=O)[C@H]1C[C@]2(O)[C@@H]3CC[C@@H]4C[C@H](O)CC[C@]4(C)[C@@H]3CC[C@@]2(C)[C@@H]1c1ccc(=O)oc1. The number of methoxy groups -OCH3 is 1. The van der Waals surface area contributed by atoms with Crippen LogP contribution >= 0.6 is 0 Å². The molecule has 0 aliphatic heterocycles. The topological polar surface area (TPSA) is 97.0 Å². The molecule has 2 N–H and O–H groups in total. The summed E-state index contributed by atoms with van der Waals surface area (Å²) in [7, 11) is 1.40. The highest BCUT2D eigenvalue weighted by Gasteiger charge is 2.70. The Morgan fingerprint density at radius 1 is 1.12 bits per heavy atom. The van der Waals surface area contributed by atoms with Crippen LogP contribution in [-0.2, 0) is 9.53 Å². The van der Waals surface area contributed by atoms with Crippen LogP contribution in [0.3, 0.4) is 0 Å². The number of carbonyl (C=O) groups excluding carboxylic acids is 1. The van der Waals surface area contributed by atoms with E-state index in [0.717, 1.165) is 50.5 Å². The first-order valence-corrected chi connectivity index (χ1v) is 12.2. The van der Waals surface area contributed by atoms with Crippen LogP contribution < -0.4 is 5.63 Å². The quantitative estimate of drug-likeness (QED) is 0.676. The number of fused-ring (bicyclic) bond motifs is 5. The Morgan fingerprint density at radius 3 is 2.59 bits per heavy atom. The zero-order valence-corrected chi connectivity index (χ0v) is 19.4. The van der Waals surface area contributed by atoms with Crippen molar-refractivity contribution in [3.8, 4) is 0 Å². The molecule has 6 heteroatoms. The molecule has 0 amide bonds. The smallest absolute Gasteiger partial charge is 0.335 e. The molecule has 0 saturated heterocycles. The Morgan fingerprint density at radius 2 is 1.91 bits per heavy atom. The summed E-state index contributed by atoms with van der Waals surface area (Å²) >= 11 is 0. The predicted molar refractivity (Wildman–Crippen MR) is 118 cm³/mol. The molecular weight excluding hydrogens is 408 g/mol. The van der Waals surface area contributed by atoms with Gasteiger partial charge in [0.1, 0.15) is 0 Å². The maximum Gasteiger partial charge on any atom is 0.335 e. The van der Waals surface area contributed by atoms with Crippen LogP contribution in [0.2, 0.25) is 0 Å². The van der Waals surface area contributed by atoms with E-state index < -0.39 is 22.6 Å². The van der Waals surface area contributed by atoms with Crippen LogP contribution in [0.4, 0.5) is 0 Å². The van der Waals surface area contributed by atoms with E-state index in [1.54, 1.807) is 6.07 Å². The van der Waals surface area contributed by atoms with E-state index in [1.807, 2.05) is 0 Å². The first-order chi connectivity index (χ1) is 15.1. The summed E-state index contributed by atoms with van der Waals surface area (Å²) in [4.78, 5) is 24.5. The molecule has 4 aliphatic carbocycles. The predicted octanol–water partition coefficient (Wildman–Crippen LogP) is 3.64.